The molecule has 1 aromatic rings. The average molecular weight is 265 g/mol. The van der Waals surface area contributed by atoms with Gasteiger partial charge in [0.15, 0.2) is 0 Å². The fraction of sp³-hybridized carbons (Fsp3) is 0.308. The van der Waals surface area contributed by atoms with E-state index in [9.17, 15) is 13.2 Å². The van der Waals surface area contributed by atoms with Crippen LogP contribution in [0.4, 0.5) is 0 Å². The van der Waals surface area contributed by atoms with Crippen molar-refractivity contribution in [2.24, 2.45) is 11.7 Å². The second kappa shape index (κ2) is 3.95. The van der Waals surface area contributed by atoms with E-state index in [1.807, 2.05) is 6.92 Å². The van der Waals surface area contributed by atoms with Crippen LogP contribution in [0.3, 0.4) is 0 Å². The monoisotopic (exact) mass is 265 g/mol. The molecule has 0 saturated carbocycles. The Morgan fingerprint density at radius 3 is 2.61 bits per heavy atom. The lowest BCUT2D eigenvalue weighted by atomic mass is 9.96. The summed E-state index contributed by atoms with van der Waals surface area (Å²) < 4.78 is 24.5. The maximum atomic E-state index is 12.2. The van der Waals surface area contributed by atoms with Gasteiger partial charge in [-0.25, -0.2) is 8.42 Å². The average Bonchev–Trinajstić information content (AvgIpc) is 2.25. The molecule has 0 bridgehead atoms. The lowest BCUT2D eigenvalue weighted by molar-refractivity contribution is 0.0999. The molecule has 1 heterocycles. The van der Waals surface area contributed by atoms with Crippen molar-refractivity contribution in [1.29, 1.82) is 0 Å². The van der Waals surface area contributed by atoms with Crippen LogP contribution < -0.4 is 5.73 Å². The van der Waals surface area contributed by atoms with Crippen LogP contribution in [0.1, 0.15) is 28.4 Å². The highest BCUT2D eigenvalue weighted by Gasteiger charge is 2.32. The molecule has 18 heavy (non-hydrogen) atoms. The first-order valence-corrected chi connectivity index (χ1v) is 7.10. The third-order valence-electron chi connectivity index (χ3n) is 3.38. The van der Waals surface area contributed by atoms with Crippen molar-refractivity contribution < 1.29 is 13.2 Å². The van der Waals surface area contributed by atoms with Crippen LogP contribution >= 0.6 is 0 Å². The fourth-order valence-electron chi connectivity index (χ4n) is 2.27. The molecule has 2 N–H and O–H groups in total. The summed E-state index contributed by atoms with van der Waals surface area (Å²) in [4.78, 5) is 11.6. The predicted octanol–water partition coefficient (Wildman–Crippen LogP) is 1.57. The Hall–Kier alpha value is -1.62. The van der Waals surface area contributed by atoms with Gasteiger partial charge in [-0.3, -0.25) is 4.79 Å². The van der Waals surface area contributed by atoms with Gasteiger partial charge in [0.05, 0.1) is 4.90 Å². The number of aryl methyl sites for hydroxylation is 1. The van der Waals surface area contributed by atoms with Crippen molar-refractivity contribution in [2.75, 3.05) is 0 Å². The molecule has 1 atom stereocenters. The minimum Gasteiger partial charge on any atom is -0.366 e. The quantitative estimate of drug-likeness (QED) is 0.837. The van der Waals surface area contributed by atoms with Crippen LogP contribution in [-0.4, -0.2) is 14.3 Å². The summed E-state index contributed by atoms with van der Waals surface area (Å²) in [5.74, 6) is -0.726. The predicted molar refractivity (Wildman–Crippen MR) is 68.9 cm³/mol. The van der Waals surface area contributed by atoms with Crippen molar-refractivity contribution in [2.45, 2.75) is 25.2 Å². The molecular formula is C13H15NO3S. The van der Waals surface area contributed by atoms with Gasteiger partial charge >= 0.3 is 0 Å². The largest absolute Gasteiger partial charge is 0.366 e. The number of amides is 1. The lowest BCUT2D eigenvalue weighted by Gasteiger charge is -2.25. The molecule has 1 amide bonds. The Morgan fingerprint density at radius 2 is 2.06 bits per heavy atom. The number of nitrogens with two attached hydrogens (primary N) is 1. The number of fused-ring (bicyclic) bond motifs is 1. The molecule has 0 saturated heterocycles. The molecule has 96 valence electrons. The van der Waals surface area contributed by atoms with E-state index in [0.717, 1.165) is 5.56 Å². The van der Waals surface area contributed by atoms with E-state index in [0.29, 0.717) is 12.0 Å². The van der Waals surface area contributed by atoms with Gasteiger partial charge in [0.2, 0.25) is 15.7 Å². The molecule has 4 nitrogen and oxygen atoms in total. The number of carbonyl (C=O) groups excluding carboxylic acids is 1. The molecule has 0 radical (unpaired) electrons. The zero-order valence-electron chi connectivity index (χ0n) is 10.4. The number of carbonyl (C=O) groups is 1. The van der Waals surface area contributed by atoms with Crippen molar-refractivity contribution in [3.05, 3.63) is 40.3 Å². The summed E-state index contributed by atoms with van der Waals surface area (Å²) in [6.45, 7) is 7.22. The van der Waals surface area contributed by atoms with E-state index in [1.54, 1.807) is 13.0 Å². The van der Waals surface area contributed by atoms with E-state index < -0.39 is 15.7 Å². The molecule has 1 unspecified atom stereocenters. The zero-order valence-corrected chi connectivity index (χ0v) is 11.2. The summed E-state index contributed by atoms with van der Waals surface area (Å²) >= 11 is 0. The Morgan fingerprint density at radius 1 is 1.44 bits per heavy atom. The first-order valence-electron chi connectivity index (χ1n) is 5.62. The topological polar surface area (TPSA) is 77.2 Å². The van der Waals surface area contributed by atoms with Crippen LogP contribution in [0.2, 0.25) is 0 Å². The van der Waals surface area contributed by atoms with E-state index in [4.69, 9.17) is 5.73 Å². The highest BCUT2D eigenvalue weighted by Crippen LogP contribution is 2.36. The minimum atomic E-state index is -3.54. The number of sulfone groups is 1. The van der Waals surface area contributed by atoms with Gasteiger partial charge in [-0.2, -0.15) is 0 Å². The van der Waals surface area contributed by atoms with Crippen LogP contribution in [0.25, 0.3) is 0 Å². The molecule has 1 aliphatic heterocycles. The smallest absolute Gasteiger partial charge is 0.249 e. The number of benzene rings is 1. The molecule has 2 rings (SSSR count). The summed E-state index contributed by atoms with van der Waals surface area (Å²) in [5.41, 5.74) is 6.93. The fourth-order valence-corrected chi connectivity index (χ4v) is 3.93. The Labute approximate surface area is 106 Å². The van der Waals surface area contributed by atoms with Gasteiger partial charge in [-0.15, -0.1) is 0 Å². The van der Waals surface area contributed by atoms with Crippen molar-refractivity contribution in [3.8, 4) is 0 Å². The molecule has 0 fully saturated rings. The van der Waals surface area contributed by atoms with Gasteiger partial charge in [-0.1, -0.05) is 19.6 Å². The lowest BCUT2D eigenvalue weighted by Crippen LogP contribution is -2.23. The zero-order chi connectivity index (χ0) is 13.7. The molecule has 0 aliphatic carbocycles. The van der Waals surface area contributed by atoms with Crippen molar-refractivity contribution in [3.63, 3.8) is 0 Å². The molecular weight excluding hydrogens is 250 g/mol. The standard InChI is InChI=1S/C13H15NO3S/c1-7-4-10-5-8(2)11(13(14)15)6-12(10)18(16,17)9(7)3/h5-7H,3-4H2,1-2H3,(H2,14,15). The maximum Gasteiger partial charge on any atom is 0.249 e. The number of primary amides is 1. The molecule has 0 aromatic heterocycles. The number of hydrogen-bond donors (Lipinski definition) is 1. The Bertz CT molecular complexity index is 659. The molecule has 1 aliphatic rings. The van der Waals surface area contributed by atoms with Crippen molar-refractivity contribution >= 4 is 15.7 Å². The second-order valence-corrected chi connectivity index (χ2v) is 6.69. The van der Waals surface area contributed by atoms with E-state index in [1.165, 1.54) is 6.07 Å². The third kappa shape index (κ3) is 1.75. The highest BCUT2D eigenvalue weighted by atomic mass is 32.2. The third-order valence-corrected chi connectivity index (χ3v) is 5.44. The van der Waals surface area contributed by atoms with Crippen LogP contribution in [0.15, 0.2) is 28.5 Å². The summed E-state index contributed by atoms with van der Waals surface area (Å²) in [6, 6.07) is 3.11. The minimum absolute atomic E-state index is 0.110. The summed E-state index contributed by atoms with van der Waals surface area (Å²) in [6.07, 6.45) is 0.618. The molecule has 0 spiro atoms. The first-order chi connectivity index (χ1) is 8.25. The number of allylic oxidation sites excluding steroid dienone is 1. The first kappa shape index (κ1) is 12.8. The Balaban J connectivity index is 2.77. The summed E-state index contributed by atoms with van der Waals surface area (Å²) in [7, 11) is -3.54. The molecule has 1 aromatic carbocycles. The second-order valence-electron chi connectivity index (χ2n) is 4.71. The van der Waals surface area contributed by atoms with Gasteiger partial charge in [-0.05, 0) is 36.5 Å². The Kier molecular flexibility index (Phi) is 2.81. The van der Waals surface area contributed by atoms with Gasteiger partial charge in [0.1, 0.15) is 0 Å². The normalized spacial score (nSPS) is 21.4. The molecule has 5 heteroatoms. The van der Waals surface area contributed by atoms with E-state index >= 15 is 0 Å². The van der Waals surface area contributed by atoms with E-state index in [2.05, 4.69) is 6.58 Å². The van der Waals surface area contributed by atoms with Gasteiger partial charge in [0.25, 0.3) is 0 Å². The van der Waals surface area contributed by atoms with E-state index in [-0.39, 0.29) is 21.3 Å². The number of hydrogen-bond acceptors (Lipinski definition) is 3. The number of rotatable bonds is 1. The van der Waals surface area contributed by atoms with Crippen molar-refractivity contribution in [1.82, 2.24) is 0 Å². The SMILES string of the molecule is C=C1C(C)Cc2cc(C)c(C(N)=O)cc2S1(=O)=O. The van der Waals surface area contributed by atoms with Crippen LogP contribution in [-0.2, 0) is 16.3 Å². The summed E-state index contributed by atoms with van der Waals surface area (Å²) in [5, 5.41) is 0. The van der Waals surface area contributed by atoms with Crippen LogP contribution in [0, 0.1) is 12.8 Å². The van der Waals surface area contributed by atoms with Gasteiger partial charge < -0.3 is 5.73 Å². The van der Waals surface area contributed by atoms with Crippen LogP contribution in [0.5, 0.6) is 0 Å². The van der Waals surface area contributed by atoms with Gasteiger partial charge in [0, 0.05) is 10.5 Å². The maximum absolute atomic E-state index is 12.2. The highest BCUT2D eigenvalue weighted by molar-refractivity contribution is 7.95.